The molecule has 5 nitrogen and oxygen atoms in total. The summed E-state index contributed by atoms with van der Waals surface area (Å²) in [5, 5.41) is 0. The SMILES string of the molecule is CC(=O)c1cccc(OOC(=O)CC=O)c1. The van der Waals surface area contributed by atoms with Crippen LogP contribution in [0.1, 0.15) is 23.7 Å². The molecule has 84 valence electrons. The maximum atomic E-state index is 11.0. The molecule has 0 saturated heterocycles. The summed E-state index contributed by atoms with van der Waals surface area (Å²) in [5.41, 5.74) is 0.448. The molecule has 0 heterocycles. The Morgan fingerprint density at radius 3 is 2.75 bits per heavy atom. The lowest BCUT2D eigenvalue weighted by Crippen LogP contribution is -2.08. The predicted molar refractivity (Wildman–Crippen MR) is 53.8 cm³/mol. The average molecular weight is 222 g/mol. The lowest BCUT2D eigenvalue weighted by Gasteiger charge is -2.03. The van der Waals surface area contributed by atoms with Crippen molar-refractivity contribution in [3.8, 4) is 5.75 Å². The second kappa shape index (κ2) is 5.65. The molecule has 0 bridgehead atoms. The number of carbonyl (C=O) groups is 3. The molecule has 0 aliphatic rings. The monoisotopic (exact) mass is 222 g/mol. The van der Waals surface area contributed by atoms with Gasteiger partial charge in [-0.05, 0) is 19.1 Å². The molecule has 1 rings (SSSR count). The van der Waals surface area contributed by atoms with Crippen molar-refractivity contribution in [3.63, 3.8) is 0 Å². The highest BCUT2D eigenvalue weighted by molar-refractivity contribution is 5.94. The van der Waals surface area contributed by atoms with Crippen molar-refractivity contribution >= 4 is 18.0 Å². The third-order valence-corrected chi connectivity index (χ3v) is 1.72. The van der Waals surface area contributed by atoms with Crippen LogP contribution in [-0.4, -0.2) is 18.0 Å². The number of rotatable bonds is 5. The van der Waals surface area contributed by atoms with E-state index >= 15 is 0 Å². The molecular weight excluding hydrogens is 212 g/mol. The fraction of sp³-hybridized carbons (Fsp3) is 0.182. The van der Waals surface area contributed by atoms with Gasteiger partial charge in [0.2, 0.25) is 0 Å². The largest absolute Gasteiger partial charge is 0.362 e. The van der Waals surface area contributed by atoms with Gasteiger partial charge in [0.15, 0.2) is 11.5 Å². The van der Waals surface area contributed by atoms with Crippen molar-refractivity contribution in [2.24, 2.45) is 0 Å². The zero-order chi connectivity index (χ0) is 12.0. The smallest absolute Gasteiger partial charge is 0.303 e. The Kier molecular flexibility index (Phi) is 4.20. The first kappa shape index (κ1) is 11.9. The van der Waals surface area contributed by atoms with Crippen molar-refractivity contribution in [2.75, 3.05) is 0 Å². The van der Waals surface area contributed by atoms with Gasteiger partial charge in [-0.2, -0.15) is 0 Å². The van der Waals surface area contributed by atoms with Gasteiger partial charge in [-0.1, -0.05) is 12.1 Å². The molecule has 0 aliphatic heterocycles. The summed E-state index contributed by atoms with van der Waals surface area (Å²) >= 11 is 0. The van der Waals surface area contributed by atoms with E-state index in [1.807, 2.05) is 0 Å². The molecule has 0 atom stereocenters. The molecule has 0 spiro atoms. The van der Waals surface area contributed by atoms with Crippen LogP contribution < -0.4 is 4.89 Å². The van der Waals surface area contributed by atoms with Crippen molar-refractivity contribution in [1.29, 1.82) is 0 Å². The van der Waals surface area contributed by atoms with Crippen LogP contribution >= 0.6 is 0 Å². The quantitative estimate of drug-likeness (QED) is 0.247. The molecule has 0 radical (unpaired) electrons. The van der Waals surface area contributed by atoms with E-state index in [1.54, 1.807) is 12.1 Å². The van der Waals surface area contributed by atoms with Gasteiger partial charge in [-0.3, -0.25) is 9.68 Å². The number of aldehydes is 1. The first-order valence-corrected chi connectivity index (χ1v) is 4.55. The third kappa shape index (κ3) is 3.53. The summed E-state index contributed by atoms with van der Waals surface area (Å²) in [5.74, 6) is -0.681. The van der Waals surface area contributed by atoms with Crippen LogP contribution in [0.15, 0.2) is 24.3 Å². The van der Waals surface area contributed by atoms with E-state index in [9.17, 15) is 14.4 Å². The van der Waals surface area contributed by atoms with E-state index in [2.05, 4.69) is 9.78 Å². The van der Waals surface area contributed by atoms with Crippen LogP contribution in [0.5, 0.6) is 5.75 Å². The molecule has 0 saturated carbocycles. The summed E-state index contributed by atoms with van der Waals surface area (Å²) in [6.07, 6.45) is 0.0457. The minimum absolute atomic E-state index is 0.121. The van der Waals surface area contributed by atoms with Crippen LogP contribution in [0.2, 0.25) is 0 Å². The standard InChI is InChI=1S/C11H10O5/c1-8(13)9-3-2-4-10(7-9)15-16-11(14)5-6-12/h2-4,6-7H,5H2,1H3. The van der Waals surface area contributed by atoms with Crippen LogP contribution in [0.3, 0.4) is 0 Å². The Hall–Kier alpha value is -2.17. The lowest BCUT2D eigenvalue weighted by atomic mass is 10.1. The Balaban J connectivity index is 2.60. The van der Waals surface area contributed by atoms with E-state index in [0.717, 1.165) is 0 Å². The van der Waals surface area contributed by atoms with Crippen LogP contribution in [0.4, 0.5) is 0 Å². The van der Waals surface area contributed by atoms with E-state index in [1.165, 1.54) is 19.1 Å². The van der Waals surface area contributed by atoms with Gasteiger partial charge in [0.25, 0.3) is 0 Å². The van der Waals surface area contributed by atoms with E-state index in [-0.39, 0.29) is 18.0 Å². The zero-order valence-corrected chi connectivity index (χ0v) is 8.64. The van der Waals surface area contributed by atoms with Crippen molar-refractivity contribution < 1.29 is 24.2 Å². The second-order valence-corrected chi connectivity index (χ2v) is 2.99. The van der Waals surface area contributed by atoms with Gasteiger partial charge in [0.1, 0.15) is 12.7 Å². The lowest BCUT2D eigenvalue weighted by molar-refractivity contribution is -0.213. The number of ketones is 1. The van der Waals surface area contributed by atoms with E-state index in [0.29, 0.717) is 11.8 Å². The predicted octanol–water partition coefficient (Wildman–Crippen LogP) is 1.32. The topological polar surface area (TPSA) is 69.7 Å². The van der Waals surface area contributed by atoms with Gasteiger partial charge < -0.3 is 4.79 Å². The first-order valence-electron chi connectivity index (χ1n) is 4.55. The molecule has 0 fully saturated rings. The minimum Gasteiger partial charge on any atom is -0.303 e. The highest BCUT2D eigenvalue weighted by Gasteiger charge is 2.05. The van der Waals surface area contributed by atoms with Crippen LogP contribution in [0, 0.1) is 0 Å². The van der Waals surface area contributed by atoms with Crippen LogP contribution in [0.25, 0.3) is 0 Å². The Morgan fingerprint density at radius 1 is 1.38 bits per heavy atom. The maximum absolute atomic E-state index is 11.0. The number of hydrogen-bond acceptors (Lipinski definition) is 5. The molecular formula is C11H10O5. The highest BCUT2D eigenvalue weighted by atomic mass is 17.2. The van der Waals surface area contributed by atoms with Gasteiger partial charge >= 0.3 is 5.97 Å². The zero-order valence-electron chi connectivity index (χ0n) is 8.64. The normalized spacial score (nSPS) is 9.31. The summed E-state index contributed by atoms with van der Waals surface area (Å²) in [7, 11) is 0. The van der Waals surface area contributed by atoms with Gasteiger partial charge in [-0.25, -0.2) is 9.68 Å². The molecule has 0 N–H and O–H groups in total. The molecule has 1 aromatic rings. The molecule has 0 aromatic heterocycles. The van der Waals surface area contributed by atoms with Gasteiger partial charge in [0, 0.05) is 5.56 Å². The fourth-order valence-electron chi connectivity index (χ4n) is 0.964. The van der Waals surface area contributed by atoms with Crippen molar-refractivity contribution in [3.05, 3.63) is 29.8 Å². The number of benzene rings is 1. The summed E-state index contributed by atoms with van der Waals surface area (Å²) in [6.45, 7) is 1.41. The highest BCUT2D eigenvalue weighted by Crippen LogP contribution is 2.14. The summed E-state index contributed by atoms with van der Waals surface area (Å²) < 4.78 is 0. The van der Waals surface area contributed by atoms with Crippen LogP contribution in [-0.2, 0) is 14.5 Å². The third-order valence-electron chi connectivity index (χ3n) is 1.72. The Bertz CT molecular complexity index is 411. The summed E-state index contributed by atoms with van der Waals surface area (Å²) in [4.78, 5) is 40.8. The number of Topliss-reactive ketones (excluding diaryl/α,β-unsaturated/α-hetero) is 1. The molecule has 0 aliphatic carbocycles. The first-order chi connectivity index (χ1) is 7.63. The maximum Gasteiger partial charge on any atom is 0.362 e. The van der Waals surface area contributed by atoms with Crippen molar-refractivity contribution in [2.45, 2.75) is 13.3 Å². The Morgan fingerprint density at radius 2 is 2.12 bits per heavy atom. The van der Waals surface area contributed by atoms with Gasteiger partial charge in [0.05, 0.1) is 0 Å². The molecule has 5 heteroatoms. The average Bonchev–Trinajstić information content (AvgIpc) is 2.27. The van der Waals surface area contributed by atoms with E-state index < -0.39 is 5.97 Å². The van der Waals surface area contributed by atoms with E-state index in [4.69, 9.17) is 0 Å². The molecule has 16 heavy (non-hydrogen) atoms. The van der Waals surface area contributed by atoms with Gasteiger partial charge in [-0.15, -0.1) is 0 Å². The minimum atomic E-state index is -0.789. The molecule has 0 unspecified atom stereocenters. The summed E-state index contributed by atoms with van der Waals surface area (Å²) in [6, 6.07) is 6.18. The molecule has 0 amide bonds. The van der Waals surface area contributed by atoms with Crippen molar-refractivity contribution in [1.82, 2.24) is 0 Å². The fourth-order valence-corrected chi connectivity index (χ4v) is 0.964. The second-order valence-electron chi connectivity index (χ2n) is 2.99. The Labute approximate surface area is 91.9 Å². The number of carbonyl (C=O) groups excluding carboxylic acids is 3. The number of hydrogen-bond donors (Lipinski definition) is 0. The molecule has 1 aromatic carbocycles.